The number of aromatic amines is 1. The number of carbonyl (C=O) groups excluding carboxylic acids is 1. The van der Waals surface area contributed by atoms with Crippen molar-refractivity contribution in [2.75, 3.05) is 21.3 Å². The molecule has 0 atom stereocenters. The van der Waals surface area contributed by atoms with E-state index >= 15 is 0 Å². The molecule has 0 saturated heterocycles. The first-order chi connectivity index (χ1) is 13.9. The van der Waals surface area contributed by atoms with Crippen LogP contribution in [0.15, 0.2) is 41.2 Å². The average Bonchev–Trinajstić information content (AvgIpc) is 3.01. The van der Waals surface area contributed by atoms with E-state index in [9.17, 15) is 9.59 Å². The molecule has 0 spiro atoms. The SMILES string of the molecule is C=c1[nH]n(C(=O)c2ccc(Cl)cc2)c(=O)/c1=C/c1cc(OC)c(OC)c(OC)c1. The summed E-state index contributed by atoms with van der Waals surface area (Å²) in [4.78, 5) is 25.5. The predicted molar refractivity (Wildman–Crippen MR) is 111 cm³/mol. The van der Waals surface area contributed by atoms with Gasteiger partial charge in [-0.3, -0.25) is 14.7 Å². The number of ether oxygens (including phenoxy) is 3. The minimum absolute atomic E-state index is 0.238. The third-order valence-electron chi connectivity index (χ3n) is 4.30. The lowest BCUT2D eigenvalue weighted by Crippen LogP contribution is -2.36. The van der Waals surface area contributed by atoms with Crippen LogP contribution < -0.4 is 30.3 Å². The predicted octanol–water partition coefficient (Wildman–Crippen LogP) is 1.78. The Balaban J connectivity index is 2.13. The molecule has 0 aliphatic rings. The molecule has 7 nitrogen and oxygen atoms in total. The summed E-state index contributed by atoms with van der Waals surface area (Å²) in [7, 11) is 4.51. The molecule has 3 rings (SSSR count). The Morgan fingerprint density at radius 3 is 2.17 bits per heavy atom. The summed E-state index contributed by atoms with van der Waals surface area (Å²) in [6.45, 7) is 3.84. The lowest BCUT2D eigenvalue weighted by molar-refractivity contribution is 0.0941. The lowest BCUT2D eigenvalue weighted by Gasteiger charge is -2.12. The molecule has 1 heterocycles. The number of rotatable bonds is 5. The van der Waals surface area contributed by atoms with Crippen molar-refractivity contribution >= 4 is 30.2 Å². The number of benzene rings is 2. The lowest BCUT2D eigenvalue weighted by atomic mass is 10.1. The summed E-state index contributed by atoms with van der Waals surface area (Å²) in [5.74, 6) is 0.807. The van der Waals surface area contributed by atoms with Crippen molar-refractivity contribution < 1.29 is 19.0 Å². The highest BCUT2D eigenvalue weighted by atomic mass is 35.5. The normalized spacial score (nSPS) is 11.4. The van der Waals surface area contributed by atoms with Crippen molar-refractivity contribution in [1.82, 2.24) is 9.78 Å². The summed E-state index contributed by atoms with van der Waals surface area (Å²) < 4.78 is 16.9. The van der Waals surface area contributed by atoms with E-state index in [1.54, 1.807) is 42.5 Å². The van der Waals surface area contributed by atoms with Gasteiger partial charge in [-0.15, -0.1) is 0 Å². The van der Waals surface area contributed by atoms with Crippen LogP contribution in [0.3, 0.4) is 0 Å². The quantitative estimate of drug-likeness (QED) is 0.688. The zero-order valence-corrected chi connectivity index (χ0v) is 16.9. The van der Waals surface area contributed by atoms with Gasteiger partial charge in [0.05, 0.1) is 31.9 Å². The number of nitrogens with zero attached hydrogens (tertiary/aromatic N) is 1. The third-order valence-corrected chi connectivity index (χ3v) is 4.55. The minimum Gasteiger partial charge on any atom is -0.493 e. The van der Waals surface area contributed by atoms with Gasteiger partial charge >= 0.3 is 0 Å². The number of hydrogen-bond donors (Lipinski definition) is 1. The van der Waals surface area contributed by atoms with Gasteiger partial charge in [-0.1, -0.05) is 18.2 Å². The summed E-state index contributed by atoms with van der Waals surface area (Å²) in [5, 5.41) is 3.75. The molecule has 0 amide bonds. The first kappa shape index (κ1) is 20.3. The van der Waals surface area contributed by atoms with Gasteiger partial charge in [0, 0.05) is 10.6 Å². The van der Waals surface area contributed by atoms with Crippen LogP contribution >= 0.6 is 11.6 Å². The monoisotopic (exact) mass is 414 g/mol. The second-order valence-corrected chi connectivity index (χ2v) is 6.50. The van der Waals surface area contributed by atoms with Crippen LogP contribution in [0.25, 0.3) is 12.7 Å². The van der Waals surface area contributed by atoms with Crippen LogP contribution in [-0.2, 0) is 0 Å². The molecule has 29 heavy (non-hydrogen) atoms. The molecule has 0 aliphatic heterocycles. The van der Waals surface area contributed by atoms with E-state index in [1.165, 1.54) is 21.3 Å². The Bertz CT molecular complexity index is 1200. The van der Waals surface area contributed by atoms with Crippen molar-refractivity contribution in [2.24, 2.45) is 0 Å². The molecule has 1 aromatic heterocycles. The fraction of sp³-hybridized carbons (Fsp3) is 0.143. The van der Waals surface area contributed by atoms with E-state index < -0.39 is 11.5 Å². The first-order valence-electron chi connectivity index (χ1n) is 8.51. The van der Waals surface area contributed by atoms with Gasteiger partial charge in [0.15, 0.2) is 11.5 Å². The maximum atomic E-state index is 12.8. The first-order valence-corrected chi connectivity index (χ1v) is 8.89. The maximum Gasteiger partial charge on any atom is 0.281 e. The maximum absolute atomic E-state index is 12.8. The van der Waals surface area contributed by atoms with Gasteiger partial charge in [0.2, 0.25) is 5.75 Å². The molecule has 150 valence electrons. The van der Waals surface area contributed by atoms with Crippen molar-refractivity contribution in [1.29, 1.82) is 0 Å². The smallest absolute Gasteiger partial charge is 0.281 e. The number of H-pyrrole nitrogens is 1. The van der Waals surface area contributed by atoms with Crippen molar-refractivity contribution in [3.8, 4) is 17.2 Å². The minimum atomic E-state index is -0.524. The molecule has 8 heteroatoms. The highest BCUT2D eigenvalue weighted by Crippen LogP contribution is 2.38. The average molecular weight is 415 g/mol. The van der Waals surface area contributed by atoms with E-state index in [4.69, 9.17) is 25.8 Å². The highest BCUT2D eigenvalue weighted by Gasteiger charge is 2.15. The second-order valence-electron chi connectivity index (χ2n) is 6.06. The Morgan fingerprint density at radius 2 is 1.66 bits per heavy atom. The number of nitrogens with one attached hydrogen (secondary N) is 1. The van der Waals surface area contributed by atoms with Crippen LogP contribution in [0.5, 0.6) is 17.2 Å². The number of aromatic nitrogens is 2. The Hall–Kier alpha value is -3.45. The summed E-state index contributed by atoms with van der Waals surface area (Å²) >= 11 is 5.85. The van der Waals surface area contributed by atoms with E-state index in [-0.39, 0.29) is 5.22 Å². The molecule has 0 saturated carbocycles. The van der Waals surface area contributed by atoms with Gasteiger partial charge in [-0.05, 0) is 48.0 Å². The van der Waals surface area contributed by atoms with Crippen LogP contribution in [-0.4, -0.2) is 37.0 Å². The Kier molecular flexibility index (Phi) is 5.79. The molecule has 0 aliphatic carbocycles. The van der Waals surface area contributed by atoms with Crippen molar-refractivity contribution in [2.45, 2.75) is 0 Å². The molecule has 0 fully saturated rings. The Labute approximate surface area is 171 Å². The highest BCUT2D eigenvalue weighted by molar-refractivity contribution is 6.30. The molecule has 1 N–H and O–H groups in total. The summed E-state index contributed by atoms with van der Waals surface area (Å²) in [6, 6.07) is 9.64. The molecule has 2 aromatic carbocycles. The Morgan fingerprint density at radius 1 is 1.07 bits per heavy atom. The fourth-order valence-electron chi connectivity index (χ4n) is 2.86. The second kappa shape index (κ2) is 8.28. The van der Waals surface area contributed by atoms with Gasteiger partial charge in [0.25, 0.3) is 11.5 Å². The molecule has 0 radical (unpaired) electrons. The number of halogens is 1. The van der Waals surface area contributed by atoms with E-state index in [0.29, 0.717) is 38.7 Å². The van der Waals surface area contributed by atoms with E-state index in [1.807, 2.05) is 0 Å². The fourth-order valence-corrected chi connectivity index (χ4v) is 2.99. The topological polar surface area (TPSA) is 82.6 Å². The van der Waals surface area contributed by atoms with Crippen LogP contribution in [0.4, 0.5) is 0 Å². The van der Waals surface area contributed by atoms with E-state index in [0.717, 1.165) is 4.68 Å². The summed E-state index contributed by atoms with van der Waals surface area (Å²) in [5.41, 5.74) is 0.410. The number of methoxy groups -OCH3 is 3. The molecule has 0 bridgehead atoms. The van der Waals surface area contributed by atoms with Crippen LogP contribution in [0, 0.1) is 0 Å². The zero-order valence-electron chi connectivity index (χ0n) is 16.1. The molecule has 0 unspecified atom stereocenters. The van der Waals surface area contributed by atoms with E-state index in [2.05, 4.69) is 11.7 Å². The number of hydrogen-bond acceptors (Lipinski definition) is 5. The van der Waals surface area contributed by atoms with Crippen molar-refractivity contribution in [3.63, 3.8) is 0 Å². The van der Waals surface area contributed by atoms with Crippen LogP contribution in [0.1, 0.15) is 15.9 Å². The van der Waals surface area contributed by atoms with Gasteiger partial charge in [-0.2, -0.15) is 4.68 Å². The standard InChI is InChI=1S/C21H19ClN2O5/c1-12-16(9-13-10-17(27-2)19(29-4)18(11-13)28-3)21(26)24(23-12)20(25)14-5-7-15(22)8-6-14/h5-11,23H,1H2,2-4H3/b16-9+. The van der Waals surface area contributed by atoms with Crippen LogP contribution in [0.2, 0.25) is 5.02 Å². The van der Waals surface area contributed by atoms with Gasteiger partial charge < -0.3 is 14.2 Å². The van der Waals surface area contributed by atoms with Gasteiger partial charge in [-0.25, -0.2) is 0 Å². The molecule has 3 aromatic rings. The van der Waals surface area contributed by atoms with Crippen molar-refractivity contribution in [3.05, 3.63) is 73.5 Å². The van der Waals surface area contributed by atoms with Gasteiger partial charge in [0.1, 0.15) is 0 Å². The summed E-state index contributed by atoms with van der Waals surface area (Å²) in [6.07, 6.45) is 1.59. The molecular formula is C21H19ClN2O5. The number of carbonyl (C=O) groups is 1. The largest absolute Gasteiger partial charge is 0.493 e. The zero-order chi connectivity index (χ0) is 21.1. The molecular weight excluding hydrogens is 396 g/mol. The third kappa shape index (κ3) is 3.90.